The Kier molecular flexibility index (Phi) is 2.92. The Balaban J connectivity index is 1.54. The maximum atomic E-state index is 8.96. The topological polar surface area (TPSA) is 61.6 Å². The smallest absolute Gasteiger partial charge is 0.224 e. The van der Waals surface area contributed by atoms with Crippen molar-refractivity contribution < 1.29 is 0 Å². The van der Waals surface area contributed by atoms with Gasteiger partial charge in [0.15, 0.2) is 0 Å². The number of aromatic nitrogens is 2. The summed E-state index contributed by atoms with van der Waals surface area (Å²) in [6.07, 6.45) is 10.2. The van der Waals surface area contributed by atoms with Gasteiger partial charge in [0.2, 0.25) is 5.95 Å². The van der Waals surface area contributed by atoms with Gasteiger partial charge in [-0.15, -0.1) is 0 Å². The maximum Gasteiger partial charge on any atom is 0.224 e. The molecule has 0 aliphatic heterocycles. The van der Waals surface area contributed by atoms with Crippen LogP contribution in [0.15, 0.2) is 12.3 Å². The molecule has 1 unspecified atom stereocenters. The molecule has 21 heavy (non-hydrogen) atoms. The normalized spacial score (nSPS) is 38.0. The van der Waals surface area contributed by atoms with Crippen LogP contribution in [0.1, 0.15) is 51.1 Å². The summed E-state index contributed by atoms with van der Waals surface area (Å²) in [5.41, 5.74) is 0.867. The van der Waals surface area contributed by atoms with Gasteiger partial charge in [0.25, 0.3) is 0 Å². The first-order chi connectivity index (χ1) is 10.2. The predicted octanol–water partition coefficient (Wildman–Crippen LogP) is 3.37. The van der Waals surface area contributed by atoms with E-state index in [1.54, 1.807) is 12.3 Å². The molecule has 0 amide bonds. The van der Waals surface area contributed by atoms with Gasteiger partial charge in [-0.2, -0.15) is 5.26 Å². The molecule has 110 valence electrons. The molecular weight excluding hydrogens is 260 g/mol. The van der Waals surface area contributed by atoms with Crippen molar-refractivity contribution in [2.45, 2.75) is 51.5 Å². The Morgan fingerprint density at radius 1 is 1.24 bits per heavy atom. The second-order valence-corrected chi connectivity index (χ2v) is 7.52. The van der Waals surface area contributed by atoms with Gasteiger partial charge in [-0.25, -0.2) is 9.97 Å². The van der Waals surface area contributed by atoms with Crippen LogP contribution in [-0.4, -0.2) is 16.0 Å². The second-order valence-electron chi connectivity index (χ2n) is 7.52. The van der Waals surface area contributed by atoms with E-state index in [0.717, 1.165) is 17.8 Å². The van der Waals surface area contributed by atoms with Crippen molar-refractivity contribution >= 4 is 5.95 Å². The SMILES string of the molecule is CC(Nc1nccc(C#N)n1)C12CC3CC(CC(C3)C1)C2. The molecule has 4 bridgehead atoms. The molecule has 0 spiro atoms. The molecule has 4 nitrogen and oxygen atoms in total. The molecule has 1 aromatic rings. The summed E-state index contributed by atoms with van der Waals surface area (Å²) in [4.78, 5) is 8.56. The van der Waals surface area contributed by atoms with Crippen LogP contribution in [0.25, 0.3) is 0 Å². The van der Waals surface area contributed by atoms with E-state index in [0.29, 0.717) is 23.1 Å². The fraction of sp³-hybridized carbons (Fsp3) is 0.706. The molecule has 1 heterocycles. The van der Waals surface area contributed by atoms with E-state index >= 15 is 0 Å². The van der Waals surface area contributed by atoms with Gasteiger partial charge in [-0.1, -0.05) is 0 Å². The zero-order valence-electron chi connectivity index (χ0n) is 12.5. The van der Waals surface area contributed by atoms with Crippen LogP contribution < -0.4 is 5.32 Å². The third kappa shape index (κ3) is 2.19. The number of hydrogen-bond acceptors (Lipinski definition) is 4. The highest BCUT2D eigenvalue weighted by Gasteiger charge is 2.53. The molecule has 0 aromatic carbocycles. The standard InChI is InChI=1S/C17H22N4/c1-11(20-16-19-3-2-15(10-18)21-16)17-7-12-4-13(8-17)6-14(5-12)9-17/h2-3,11-14H,4-9H2,1H3,(H,19,20,21). The number of rotatable bonds is 3. The minimum absolute atomic E-state index is 0.389. The summed E-state index contributed by atoms with van der Waals surface area (Å²) < 4.78 is 0. The summed E-state index contributed by atoms with van der Waals surface area (Å²) in [7, 11) is 0. The Morgan fingerprint density at radius 3 is 2.43 bits per heavy atom. The Labute approximate surface area is 126 Å². The minimum atomic E-state index is 0.389. The lowest BCUT2D eigenvalue weighted by Crippen LogP contribution is -2.53. The maximum absolute atomic E-state index is 8.96. The highest BCUT2D eigenvalue weighted by molar-refractivity contribution is 5.32. The fourth-order valence-corrected chi connectivity index (χ4v) is 5.55. The average molecular weight is 282 g/mol. The van der Waals surface area contributed by atoms with Gasteiger partial charge < -0.3 is 5.32 Å². The van der Waals surface area contributed by atoms with Crippen LogP contribution in [0.3, 0.4) is 0 Å². The van der Waals surface area contributed by atoms with E-state index in [-0.39, 0.29) is 0 Å². The molecule has 1 aromatic heterocycles. The number of hydrogen-bond donors (Lipinski definition) is 1. The molecule has 0 radical (unpaired) electrons. The number of anilines is 1. The van der Waals surface area contributed by atoms with Crippen molar-refractivity contribution in [3.63, 3.8) is 0 Å². The average Bonchev–Trinajstić information content (AvgIpc) is 2.46. The van der Waals surface area contributed by atoms with E-state index in [2.05, 4.69) is 28.3 Å². The molecule has 5 rings (SSSR count). The third-order valence-electron chi connectivity index (χ3n) is 6.12. The molecule has 4 aliphatic rings. The van der Waals surface area contributed by atoms with Crippen LogP contribution in [0, 0.1) is 34.5 Å². The molecule has 4 heteroatoms. The molecule has 4 saturated carbocycles. The van der Waals surface area contributed by atoms with Gasteiger partial charge in [0.05, 0.1) is 0 Å². The van der Waals surface area contributed by atoms with E-state index in [9.17, 15) is 0 Å². The van der Waals surface area contributed by atoms with Crippen LogP contribution in [0.2, 0.25) is 0 Å². The quantitative estimate of drug-likeness (QED) is 0.923. The molecule has 1 N–H and O–H groups in total. The van der Waals surface area contributed by atoms with Crippen molar-refractivity contribution in [1.82, 2.24) is 9.97 Å². The van der Waals surface area contributed by atoms with Crippen LogP contribution in [-0.2, 0) is 0 Å². The summed E-state index contributed by atoms with van der Waals surface area (Å²) in [6, 6.07) is 4.13. The lowest BCUT2D eigenvalue weighted by molar-refractivity contribution is -0.0603. The number of nitriles is 1. The van der Waals surface area contributed by atoms with Crippen molar-refractivity contribution in [2.24, 2.45) is 23.2 Å². The second kappa shape index (κ2) is 4.69. The first kappa shape index (κ1) is 13.1. The van der Waals surface area contributed by atoms with Crippen molar-refractivity contribution in [1.29, 1.82) is 5.26 Å². The highest BCUT2D eigenvalue weighted by Crippen LogP contribution is 2.61. The zero-order valence-corrected chi connectivity index (χ0v) is 12.5. The molecular formula is C17H22N4. The van der Waals surface area contributed by atoms with Gasteiger partial charge >= 0.3 is 0 Å². The monoisotopic (exact) mass is 282 g/mol. The van der Waals surface area contributed by atoms with E-state index in [4.69, 9.17) is 5.26 Å². The molecule has 4 aliphatic carbocycles. The van der Waals surface area contributed by atoms with Gasteiger partial charge in [-0.05, 0) is 74.7 Å². The summed E-state index contributed by atoms with van der Waals surface area (Å²) in [5.74, 6) is 3.46. The van der Waals surface area contributed by atoms with Crippen molar-refractivity contribution in [3.05, 3.63) is 18.0 Å². The van der Waals surface area contributed by atoms with E-state index in [1.807, 2.05) is 0 Å². The number of nitrogens with zero attached hydrogens (tertiary/aromatic N) is 3. The predicted molar refractivity (Wildman–Crippen MR) is 80.4 cm³/mol. The van der Waals surface area contributed by atoms with Crippen molar-refractivity contribution in [2.75, 3.05) is 5.32 Å². The molecule has 0 saturated heterocycles. The number of nitrogens with one attached hydrogen (secondary N) is 1. The van der Waals surface area contributed by atoms with Gasteiger partial charge in [-0.3, -0.25) is 0 Å². The summed E-state index contributed by atoms with van der Waals surface area (Å²) in [5, 5.41) is 12.5. The van der Waals surface area contributed by atoms with Crippen LogP contribution in [0.4, 0.5) is 5.95 Å². The Morgan fingerprint density at radius 2 is 1.86 bits per heavy atom. The Bertz CT molecular complexity index is 553. The van der Waals surface area contributed by atoms with Gasteiger partial charge in [0, 0.05) is 12.2 Å². The van der Waals surface area contributed by atoms with Crippen molar-refractivity contribution in [3.8, 4) is 6.07 Å². The lowest BCUT2D eigenvalue weighted by Gasteiger charge is -2.59. The van der Waals surface area contributed by atoms with E-state index in [1.165, 1.54) is 38.5 Å². The molecule has 4 fully saturated rings. The first-order valence-corrected chi connectivity index (χ1v) is 8.16. The van der Waals surface area contributed by atoms with E-state index < -0.39 is 0 Å². The zero-order chi connectivity index (χ0) is 14.4. The first-order valence-electron chi connectivity index (χ1n) is 8.16. The van der Waals surface area contributed by atoms with Crippen LogP contribution in [0.5, 0.6) is 0 Å². The van der Waals surface area contributed by atoms with Gasteiger partial charge in [0.1, 0.15) is 11.8 Å². The fourth-order valence-electron chi connectivity index (χ4n) is 5.55. The van der Waals surface area contributed by atoms with Crippen LogP contribution >= 0.6 is 0 Å². The Hall–Kier alpha value is -1.63. The molecule has 1 atom stereocenters. The minimum Gasteiger partial charge on any atom is -0.351 e. The summed E-state index contributed by atoms with van der Waals surface area (Å²) in [6.45, 7) is 2.29. The highest BCUT2D eigenvalue weighted by atomic mass is 15.1. The largest absolute Gasteiger partial charge is 0.351 e. The summed E-state index contributed by atoms with van der Waals surface area (Å²) >= 11 is 0. The lowest BCUT2D eigenvalue weighted by atomic mass is 9.48. The third-order valence-corrected chi connectivity index (χ3v) is 6.12.